The number of Topliss-reactive ketones (excluding diaryl/α,β-unsaturated/α-hetero) is 2. The third kappa shape index (κ3) is 14.0. The van der Waals surface area contributed by atoms with Gasteiger partial charge in [0.25, 0.3) is 0 Å². The number of carbonyl (C=O) groups is 5. The number of aldehydes is 1. The Labute approximate surface area is 395 Å². The number of hydrogen-bond donors (Lipinski definition) is 1. The van der Waals surface area contributed by atoms with E-state index in [1.807, 2.05) is 33.0 Å². The number of hydrogen-bond acceptors (Lipinski definition) is 15. The number of rotatable bonds is 13. The van der Waals surface area contributed by atoms with Gasteiger partial charge in [0.05, 0.1) is 37.6 Å². The molecular weight excluding hydrogens is 890 g/mol. The molecule has 4 aromatic rings. The Morgan fingerprint density at radius 3 is 1.58 bits per heavy atom. The summed E-state index contributed by atoms with van der Waals surface area (Å²) in [6, 6.07) is 16.6. The zero-order chi connectivity index (χ0) is 46.5. The molecule has 0 saturated carbocycles. The van der Waals surface area contributed by atoms with E-state index in [0.717, 1.165) is 50.6 Å². The van der Waals surface area contributed by atoms with Crippen molar-refractivity contribution >= 4 is 78.1 Å². The summed E-state index contributed by atoms with van der Waals surface area (Å²) in [5, 5.41) is 10.3. The molecule has 1 N–H and O–H groups in total. The molecule has 0 unspecified atom stereocenters. The van der Waals surface area contributed by atoms with Gasteiger partial charge in [0.15, 0.2) is 0 Å². The number of amides is 2. The summed E-state index contributed by atoms with van der Waals surface area (Å²) in [6.45, 7) is 11.0. The highest BCUT2D eigenvalue weighted by molar-refractivity contribution is 5.91. The first-order valence-electron chi connectivity index (χ1n) is 21.3. The van der Waals surface area contributed by atoms with E-state index < -0.39 is 23.8 Å². The molecule has 0 aliphatic carbocycles. The fourth-order valence-corrected chi connectivity index (χ4v) is 7.20. The minimum Gasteiger partial charge on any atom is -0.444 e. The van der Waals surface area contributed by atoms with E-state index >= 15 is 0 Å². The average molecular weight is 947 g/mol. The topological polar surface area (TPSA) is 183 Å². The maximum Gasteiger partial charge on any atom is 0.414 e. The zero-order valence-corrected chi connectivity index (χ0v) is 38.0. The molecule has 0 radical (unpaired) electrons. The molecule has 4 aliphatic rings. The Morgan fingerprint density at radius 2 is 1.22 bits per heavy atom. The third-order valence-electron chi connectivity index (χ3n) is 10.7. The molecule has 4 aliphatic heterocycles. The second-order valence-electron chi connectivity index (χ2n) is 15.4. The molecule has 6 heterocycles. The lowest BCUT2D eigenvalue weighted by atomic mass is 10.1. The summed E-state index contributed by atoms with van der Waals surface area (Å²) in [6.07, 6.45) is 7.26. The molecule has 2 amide bonds. The van der Waals surface area contributed by atoms with Crippen LogP contribution in [-0.2, 0) is 23.9 Å². The molecule has 17 nitrogen and oxygen atoms in total. The van der Waals surface area contributed by atoms with Crippen LogP contribution in [-0.4, -0.2) is 116 Å². The normalized spacial score (nSPS) is 17.1. The first-order chi connectivity index (χ1) is 31.4. The van der Waals surface area contributed by atoms with Gasteiger partial charge in [-0.2, -0.15) is 10.2 Å². The Balaban J connectivity index is 0.000000269. The van der Waals surface area contributed by atoms with E-state index in [1.165, 1.54) is 42.7 Å². The van der Waals surface area contributed by atoms with Gasteiger partial charge in [-0.15, -0.1) is 12.4 Å². The number of cyclic esters (lactones) is 2. The predicted octanol–water partition coefficient (Wildman–Crippen LogP) is 7.87. The summed E-state index contributed by atoms with van der Waals surface area (Å²) in [5.41, 5.74) is 5.80. The highest BCUT2D eigenvalue weighted by atomic mass is 35.5. The van der Waals surface area contributed by atoms with Crippen LogP contribution in [0, 0.1) is 11.6 Å². The molecule has 2 aromatic carbocycles. The molecule has 0 spiro atoms. The first-order valence-corrected chi connectivity index (χ1v) is 21.3. The Hall–Kier alpha value is -7.02. The van der Waals surface area contributed by atoms with Crippen molar-refractivity contribution in [1.29, 1.82) is 0 Å². The van der Waals surface area contributed by atoms with Crippen LogP contribution in [0.5, 0.6) is 0 Å². The van der Waals surface area contributed by atoms with E-state index in [1.54, 1.807) is 55.4 Å². The smallest absolute Gasteiger partial charge is 0.414 e. The zero-order valence-electron chi connectivity index (χ0n) is 37.1. The number of hydrazone groups is 2. The van der Waals surface area contributed by atoms with Crippen molar-refractivity contribution in [2.75, 3.05) is 65.4 Å². The summed E-state index contributed by atoms with van der Waals surface area (Å²) in [5.74, 6) is 0.675. The van der Waals surface area contributed by atoms with Crippen molar-refractivity contribution in [3.63, 3.8) is 0 Å². The predicted molar refractivity (Wildman–Crippen MR) is 257 cm³/mol. The number of anilines is 4. The van der Waals surface area contributed by atoms with E-state index in [-0.39, 0.29) is 43.6 Å². The van der Waals surface area contributed by atoms with Gasteiger partial charge in [-0.25, -0.2) is 28.3 Å². The maximum absolute atomic E-state index is 14.9. The van der Waals surface area contributed by atoms with E-state index in [4.69, 9.17) is 14.3 Å². The number of likely N-dealkylation sites (N-methyl/N-ethyl adjacent to an activating group) is 1. The van der Waals surface area contributed by atoms with Crippen molar-refractivity contribution < 1.29 is 42.2 Å². The number of pyridine rings is 2. The third-order valence-corrected chi connectivity index (χ3v) is 10.7. The number of aromatic nitrogens is 2. The number of ketones is 2. The van der Waals surface area contributed by atoms with Crippen LogP contribution in [0.1, 0.15) is 60.8 Å². The second-order valence-corrected chi connectivity index (χ2v) is 15.4. The van der Waals surface area contributed by atoms with Gasteiger partial charge in [0, 0.05) is 67.1 Å². The van der Waals surface area contributed by atoms with E-state index in [2.05, 4.69) is 32.5 Å². The minimum atomic E-state index is -0.528. The highest BCUT2D eigenvalue weighted by Gasteiger charge is 2.34. The number of benzene rings is 2. The molecule has 2 aromatic heterocycles. The van der Waals surface area contributed by atoms with Gasteiger partial charge in [-0.1, -0.05) is 7.43 Å². The first kappa shape index (κ1) is 52.6. The van der Waals surface area contributed by atoms with Crippen LogP contribution in [0.2, 0.25) is 0 Å². The van der Waals surface area contributed by atoms with Crippen molar-refractivity contribution in [2.24, 2.45) is 10.2 Å². The quantitative estimate of drug-likeness (QED) is 0.128. The maximum atomic E-state index is 14.9. The van der Waals surface area contributed by atoms with Crippen LogP contribution >= 0.6 is 12.4 Å². The van der Waals surface area contributed by atoms with Crippen molar-refractivity contribution in [3.8, 4) is 22.3 Å². The molecule has 358 valence electrons. The number of nitrogens with zero attached hydrogens (tertiary/aromatic N) is 9. The van der Waals surface area contributed by atoms with Gasteiger partial charge < -0.3 is 39.1 Å². The lowest BCUT2D eigenvalue weighted by molar-refractivity contribution is -0.118. The van der Waals surface area contributed by atoms with Crippen molar-refractivity contribution in [2.45, 2.75) is 73.0 Å². The molecule has 67 heavy (non-hydrogen) atoms. The monoisotopic (exact) mass is 946 g/mol. The molecule has 2 fully saturated rings. The average Bonchev–Trinajstić information content (AvgIpc) is 3.89. The van der Waals surface area contributed by atoms with Gasteiger partial charge in [0.1, 0.15) is 66.0 Å². The Bertz CT molecular complexity index is 2390. The Morgan fingerprint density at radius 1 is 0.746 bits per heavy atom. The molecule has 2 atom stereocenters. The molecular formula is C47H57ClF2N10O7. The summed E-state index contributed by atoms with van der Waals surface area (Å²) in [4.78, 5) is 71.0. The summed E-state index contributed by atoms with van der Waals surface area (Å²) >= 11 is 0. The van der Waals surface area contributed by atoms with Gasteiger partial charge in [0.2, 0.25) is 0 Å². The lowest BCUT2D eigenvalue weighted by Gasteiger charge is -2.28. The van der Waals surface area contributed by atoms with Crippen molar-refractivity contribution in [1.82, 2.24) is 20.4 Å². The van der Waals surface area contributed by atoms with Crippen LogP contribution in [0.15, 0.2) is 83.3 Å². The highest BCUT2D eigenvalue weighted by Crippen LogP contribution is 2.32. The summed E-state index contributed by atoms with van der Waals surface area (Å²) in [7, 11) is 0. The second kappa shape index (κ2) is 25.0. The largest absolute Gasteiger partial charge is 0.444 e. The Kier molecular flexibility index (Phi) is 19.7. The SMILES string of the molecule is C.CC(=O)CC[C@H]1CN(c2ccc(-c3ccc(N4C=NNCC4)nc3)c(F)c2)C(=O)O1.CC=O.CCN1CCN(c2ccc(-c3ccc(N4C[C@H](CCC(C)=O)OC4=O)cc3F)cn2)C=N1.Cl. The van der Waals surface area contributed by atoms with Crippen LogP contribution in [0.3, 0.4) is 0 Å². The van der Waals surface area contributed by atoms with Gasteiger partial charge in [-0.3, -0.25) is 14.8 Å². The summed E-state index contributed by atoms with van der Waals surface area (Å²) < 4.78 is 40.3. The lowest BCUT2D eigenvalue weighted by Crippen LogP contribution is -2.38. The van der Waals surface area contributed by atoms with Crippen LogP contribution < -0.4 is 25.0 Å². The number of carbonyl (C=O) groups excluding carboxylic acids is 5. The molecule has 8 rings (SSSR count). The minimum absolute atomic E-state index is 0. The van der Waals surface area contributed by atoms with Gasteiger partial charge in [-0.05, 0) is 101 Å². The number of halogens is 3. The standard InChI is InChI=1S/C23H26FN5O3.C21H22FN5O3.C2H4O.CH4.ClH/c1-3-28-11-10-27(15-26-28)22-9-5-17(13-25-22)20-8-6-18(12-21(20)24)29-14-19(32-23(29)31)7-4-16(2)30;1-14(28)2-5-17-12-27(21(29)30-17)16-4-6-18(19(22)10-16)15-3-7-20(23-11-15)26-9-8-24-25-13-26;1-2-3;;/h5-6,8-9,12-13,15,19H,3-4,7,10-11,14H2,1-2H3;3-4,6-7,10-11,13,17,24H,2,5,8-9,12H2,1H3;2H,1H3;1H4;1H/t19-;17-;;;/m00.../s1. The molecule has 20 heteroatoms. The van der Waals surface area contributed by atoms with Gasteiger partial charge >= 0.3 is 12.2 Å². The van der Waals surface area contributed by atoms with Crippen LogP contribution in [0.25, 0.3) is 22.3 Å². The fourth-order valence-electron chi connectivity index (χ4n) is 7.20. The van der Waals surface area contributed by atoms with E-state index in [9.17, 15) is 28.0 Å². The number of ether oxygens (including phenoxy) is 2. The molecule has 2 saturated heterocycles. The van der Waals surface area contributed by atoms with E-state index in [0.29, 0.717) is 72.4 Å². The fraction of sp³-hybridized carbons (Fsp3) is 0.383. The molecule has 0 bridgehead atoms. The van der Waals surface area contributed by atoms with Crippen molar-refractivity contribution in [3.05, 3.63) is 84.7 Å². The number of nitrogens with one attached hydrogen (secondary N) is 1. The van der Waals surface area contributed by atoms with Crippen LogP contribution in [0.4, 0.5) is 41.4 Å².